The maximum atomic E-state index is 10.7. The first-order valence-electron chi connectivity index (χ1n) is 4.28. The first-order valence-corrected chi connectivity index (χ1v) is 4.28. The van der Waals surface area contributed by atoms with E-state index in [1.807, 2.05) is 18.0 Å². The molecule has 0 aliphatic carbocycles. The third kappa shape index (κ3) is 1.08. The maximum Gasteiger partial charge on any atom is 0.275 e. The number of nitro benzene ring substituents is 1. The molecule has 2 rings (SSSR count). The van der Waals surface area contributed by atoms with Gasteiger partial charge in [-0.2, -0.15) is 0 Å². The zero-order valence-electron chi connectivity index (χ0n) is 7.86. The van der Waals surface area contributed by atoms with Crippen molar-refractivity contribution in [2.24, 2.45) is 0 Å². The van der Waals surface area contributed by atoms with Crippen LogP contribution < -0.4 is 0 Å². The number of nitro groups is 1. The molecule has 0 amide bonds. The van der Waals surface area contributed by atoms with Crippen LogP contribution in [-0.2, 0) is 6.54 Å². The molecule has 1 heterocycles. The van der Waals surface area contributed by atoms with Gasteiger partial charge >= 0.3 is 0 Å². The molecule has 0 aromatic heterocycles. The molecule has 1 aromatic carbocycles. The molecule has 72 valence electrons. The summed E-state index contributed by atoms with van der Waals surface area (Å²) in [7, 11) is 1.88. The second-order valence-electron chi connectivity index (χ2n) is 3.36. The Kier molecular flexibility index (Phi) is 1.77. The lowest BCUT2D eigenvalue weighted by Crippen LogP contribution is -2.06. The second kappa shape index (κ2) is 2.83. The van der Waals surface area contributed by atoms with E-state index in [0.29, 0.717) is 6.54 Å². The smallest absolute Gasteiger partial charge is 0.275 e. The Morgan fingerprint density at radius 2 is 2.29 bits per heavy atom. The zero-order chi connectivity index (χ0) is 10.3. The van der Waals surface area contributed by atoms with Crippen molar-refractivity contribution in [2.75, 3.05) is 7.05 Å². The highest BCUT2D eigenvalue weighted by atomic mass is 16.6. The Morgan fingerprint density at radius 3 is 2.93 bits per heavy atom. The van der Waals surface area contributed by atoms with Crippen molar-refractivity contribution in [3.63, 3.8) is 0 Å². The van der Waals surface area contributed by atoms with Crippen molar-refractivity contribution >= 4 is 11.4 Å². The van der Waals surface area contributed by atoms with Crippen molar-refractivity contribution in [1.82, 2.24) is 4.90 Å². The predicted molar refractivity (Wildman–Crippen MR) is 53.6 cm³/mol. The van der Waals surface area contributed by atoms with Crippen LogP contribution in [0, 0.1) is 10.1 Å². The number of benzene rings is 1. The summed E-state index contributed by atoms with van der Waals surface area (Å²) in [6.07, 6.45) is 0. The summed E-state index contributed by atoms with van der Waals surface area (Å²) in [5.41, 5.74) is 2.70. The molecule has 0 saturated carbocycles. The van der Waals surface area contributed by atoms with Crippen molar-refractivity contribution in [3.05, 3.63) is 46.0 Å². The van der Waals surface area contributed by atoms with E-state index in [9.17, 15) is 10.1 Å². The summed E-state index contributed by atoms with van der Waals surface area (Å²) < 4.78 is 0. The number of nitrogens with zero attached hydrogens (tertiary/aromatic N) is 2. The van der Waals surface area contributed by atoms with Gasteiger partial charge < -0.3 is 4.90 Å². The molecule has 0 atom stereocenters. The lowest BCUT2D eigenvalue weighted by molar-refractivity contribution is -0.385. The molecule has 0 N–H and O–H groups in total. The summed E-state index contributed by atoms with van der Waals surface area (Å²) in [5.74, 6) is 0. The lowest BCUT2D eigenvalue weighted by atomic mass is 10.1. The van der Waals surface area contributed by atoms with Gasteiger partial charge in [0.25, 0.3) is 5.69 Å². The minimum atomic E-state index is -0.342. The van der Waals surface area contributed by atoms with Gasteiger partial charge in [0.2, 0.25) is 0 Å². The first-order chi connectivity index (χ1) is 6.61. The van der Waals surface area contributed by atoms with Crippen molar-refractivity contribution in [3.8, 4) is 0 Å². The van der Waals surface area contributed by atoms with Crippen LogP contribution in [0.4, 0.5) is 5.69 Å². The molecule has 0 fully saturated rings. The molecule has 0 radical (unpaired) electrons. The minimum absolute atomic E-state index is 0.188. The van der Waals surface area contributed by atoms with Crippen molar-refractivity contribution in [2.45, 2.75) is 6.54 Å². The fraction of sp³-hybridized carbons (Fsp3) is 0.200. The molecule has 1 aromatic rings. The molecule has 0 spiro atoms. The fourth-order valence-corrected chi connectivity index (χ4v) is 1.72. The number of hydrogen-bond donors (Lipinski definition) is 0. The van der Waals surface area contributed by atoms with Crippen LogP contribution in [0.25, 0.3) is 5.70 Å². The number of hydrogen-bond acceptors (Lipinski definition) is 3. The summed E-state index contributed by atoms with van der Waals surface area (Å²) in [6.45, 7) is 4.46. The van der Waals surface area contributed by atoms with Gasteiger partial charge in [-0.05, 0) is 0 Å². The van der Waals surface area contributed by atoms with Crippen LogP contribution in [0.15, 0.2) is 24.8 Å². The van der Waals surface area contributed by atoms with Gasteiger partial charge in [-0.15, -0.1) is 0 Å². The normalized spacial score (nSPS) is 14.4. The van der Waals surface area contributed by atoms with Gasteiger partial charge in [0.1, 0.15) is 0 Å². The van der Waals surface area contributed by atoms with E-state index in [1.54, 1.807) is 6.07 Å². The van der Waals surface area contributed by atoms with E-state index in [2.05, 4.69) is 6.58 Å². The molecule has 1 aliphatic heterocycles. The van der Waals surface area contributed by atoms with Gasteiger partial charge in [0.05, 0.1) is 17.0 Å². The number of rotatable bonds is 1. The van der Waals surface area contributed by atoms with Gasteiger partial charge in [0.15, 0.2) is 0 Å². The quantitative estimate of drug-likeness (QED) is 0.502. The minimum Gasteiger partial charge on any atom is -0.370 e. The van der Waals surface area contributed by atoms with E-state index in [1.165, 1.54) is 6.07 Å². The van der Waals surface area contributed by atoms with E-state index >= 15 is 0 Å². The predicted octanol–water partition coefficient (Wildman–Crippen LogP) is 2.01. The molecular weight excluding hydrogens is 180 g/mol. The summed E-state index contributed by atoms with van der Waals surface area (Å²) in [4.78, 5) is 12.3. The van der Waals surface area contributed by atoms with E-state index < -0.39 is 0 Å². The van der Waals surface area contributed by atoms with Crippen molar-refractivity contribution in [1.29, 1.82) is 0 Å². The van der Waals surface area contributed by atoms with Crippen molar-refractivity contribution < 1.29 is 4.92 Å². The molecule has 4 nitrogen and oxygen atoms in total. The molecule has 0 bridgehead atoms. The molecule has 14 heavy (non-hydrogen) atoms. The topological polar surface area (TPSA) is 46.4 Å². The van der Waals surface area contributed by atoms with Crippen LogP contribution >= 0.6 is 0 Å². The Labute approximate surface area is 81.6 Å². The summed E-state index contributed by atoms with van der Waals surface area (Å²) in [5, 5.41) is 10.7. The second-order valence-corrected chi connectivity index (χ2v) is 3.36. The van der Waals surface area contributed by atoms with Gasteiger partial charge in [-0.1, -0.05) is 18.7 Å². The average molecular weight is 190 g/mol. The van der Waals surface area contributed by atoms with E-state index in [-0.39, 0.29) is 10.6 Å². The van der Waals surface area contributed by atoms with Gasteiger partial charge in [-0.25, -0.2) is 0 Å². The third-order valence-electron chi connectivity index (χ3n) is 2.51. The highest BCUT2D eigenvalue weighted by Gasteiger charge is 2.26. The van der Waals surface area contributed by atoms with Crippen LogP contribution in [0.1, 0.15) is 11.1 Å². The monoisotopic (exact) mass is 190 g/mol. The molecular formula is C10H10N2O2. The highest BCUT2D eigenvalue weighted by Crippen LogP contribution is 2.35. The van der Waals surface area contributed by atoms with E-state index in [0.717, 1.165) is 16.8 Å². The SMILES string of the molecule is C=C1c2cccc([N+](=O)[O-])c2CN1C. The Bertz CT molecular complexity index is 426. The highest BCUT2D eigenvalue weighted by molar-refractivity contribution is 5.72. The standard InChI is InChI=1S/C10H10N2O2/c1-7-8-4-3-5-10(12(13)14)9(8)6-11(7)2/h3-5H,1,6H2,2H3. The Balaban J connectivity index is 2.61. The van der Waals surface area contributed by atoms with Crippen LogP contribution in [-0.4, -0.2) is 16.9 Å². The Hall–Kier alpha value is -1.84. The van der Waals surface area contributed by atoms with Gasteiger partial charge in [-0.3, -0.25) is 10.1 Å². The van der Waals surface area contributed by atoms with Crippen LogP contribution in [0.3, 0.4) is 0 Å². The first kappa shape index (κ1) is 8.74. The zero-order valence-corrected chi connectivity index (χ0v) is 7.86. The maximum absolute atomic E-state index is 10.7. The summed E-state index contributed by atoms with van der Waals surface area (Å²) >= 11 is 0. The Morgan fingerprint density at radius 1 is 1.57 bits per heavy atom. The molecule has 4 heteroatoms. The van der Waals surface area contributed by atoms with Crippen LogP contribution in [0.2, 0.25) is 0 Å². The largest absolute Gasteiger partial charge is 0.370 e. The number of fused-ring (bicyclic) bond motifs is 1. The third-order valence-corrected chi connectivity index (χ3v) is 2.51. The fourth-order valence-electron chi connectivity index (χ4n) is 1.72. The van der Waals surface area contributed by atoms with E-state index in [4.69, 9.17) is 0 Å². The van der Waals surface area contributed by atoms with Crippen LogP contribution in [0.5, 0.6) is 0 Å². The molecule has 0 unspecified atom stereocenters. The van der Waals surface area contributed by atoms with Gasteiger partial charge in [0, 0.05) is 24.4 Å². The molecule has 0 saturated heterocycles. The molecule has 1 aliphatic rings. The lowest BCUT2D eigenvalue weighted by Gasteiger charge is -2.09. The average Bonchev–Trinajstić information content (AvgIpc) is 2.43. The summed E-state index contributed by atoms with van der Waals surface area (Å²) in [6, 6.07) is 5.10.